The van der Waals surface area contributed by atoms with Crippen LogP contribution in [0.15, 0.2) is 12.1 Å². The minimum atomic E-state index is 0.346. The molecule has 0 radical (unpaired) electrons. The Bertz CT molecular complexity index is 651. The van der Waals surface area contributed by atoms with Crippen LogP contribution in [0.4, 0.5) is 0 Å². The van der Waals surface area contributed by atoms with Crippen LogP contribution in [0.5, 0.6) is 0 Å². The molecule has 0 saturated heterocycles. The molecule has 2 aromatic heterocycles. The highest BCUT2D eigenvalue weighted by atomic mass is 32.1. The van der Waals surface area contributed by atoms with E-state index < -0.39 is 0 Å². The number of hydrogen-bond acceptors (Lipinski definition) is 3. The van der Waals surface area contributed by atoms with E-state index >= 15 is 0 Å². The third kappa shape index (κ3) is 2.51. The molecule has 1 aliphatic rings. The standard InChI is InChI=1S/C17H21NOS/c1-17(2,3)13-5-4-6-15-11(8-13)7-12-9-14(10-19)20-16(12)18-15/h7,9-10,13H,4-6,8H2,1-3H3. The molecule has 2 heterocycles. The molecule has 0 aliphatic heterocycles. The van der Waals surface area contributed by atoms with Gasteiger partial charge in [-0.25, -0.2) is 4.98 Å². The zero-order valence-corrected chi connectivity index (χ0v) is 13.2. The lowest BCUT2D eigenvalue weighted by atomic mass is 9.76. The Morgan fingerprint density at radius 2 is 2.15 bits per heavy atom. The predicted octanol–water partition coefficient (Wildman–Crippen LogP) is 4.65. The molecule has 106 valence electrons. The second kappa shape index (κ2) is 4.96. The van der Waals surface area contributed by atoms with Crippen molar-refractivity contribution >= 4 is 27.8 Å². The molecule has 3 heteroatoms. The maximum absolute atomic E-state index is 10.9. The number of fused-ring (bicyclic) bond motifs is 2. The fourth-order valence-corrected chi connectivity index (χ4v) is 3.99. The lowest BCUT2D eigenvalue weighted by Crippen LogP contribution is -2.22. The van der Waals surface area contributed by atoms with Crippen molar-refractivity contribution < 1.29 is 4.79 Å². The topological polar surface area (TPSA) is 30.0 Å². The fourth-order valence-electron chi connectivity index (χ4n) is 3.15. The quantitative estimate of drug-likeness (QED) is 0.564. The van der Waals surface area contributed by atoms with Crippen LogP contribution in [0.3, 0.4) is 0 Å². The summed E-state index contributed by atoms with van der Waals surface area (Å²) in [6, 6.07) is 4.24. The first-order valence-electron chi connectivity index (χ1n) is 7.35. The van der Waals surface area contributed by atoms with Gasteiger partial charge in [0.1, 0.15) is 4.83 Å². The number of rotatable bonds is 1. The van der Waals surface area contributed by atoms with Gasteiger partial charge in [0.15, 0.2) is 6.29 Å². The van der Waals surface area contributed by atoms with Crippen molar-refractivity contribution in [2.75, 3.05) is 0 Å². The molecule has 1 atom stereocenters. The first kappa shape index (κ1) is 13.7. The monoisotopic (exact) mass is 287 g/mol. The fraction of sp³-hybridized carbons (Fsp3) is 0.529. The normalized spacial score (nSPS) is 19.6. The SMILES string of the molecule is CC(C)(C)C1CCCc2nc3sc(C=O)cc3cc2C1. The third-order valence-electron chi connectivity index (χ3n) is 4.47. The van der Waals surface area contributed by atoms with Gasteiger partial charge in [0.25, 0.3) is 0 Å². The van der Waals surface area contributed by atoms with Crippen LogP contribution < -0.4 is 0 Å². The Kier molecular flexibility index (Phi) is 3.41. The van der Waals surface area contributed by atoms with E-state index in [4.69, 9.17) is 4.98 Å². The van der Waals surface area contributed by atoms with Crippen LogP contribution in [-0.4, -0.2) is 11.3 Å². The van der Waals surface area contributed by atoms with Crippen LogP contribution in [0.25, 0.3) is 10.2 Å². The van der Waals surface area contributed by atoms with Gasteiger partial charge in [0, 0.05) is 11.1 Å². The summed E-state index contributed by atoms with van der Waals surface area (Å²) in [6.45, 7) is 7.01. The van der Waals surface area contributed by atoms with Crippen LogP contribution in [0.2, 0.25) is 0 Å². The van der Waals surface area contributed by atoms with E-state index in [0.717, 1.165) is 34.2 Å². The van der Waals surface area contributed by atoms with Gasteiger partial charge in [0.2, 0.25) is 0 Å². The molecule has 2 nitrogen and oxygen atoms in total. The van der Waals surface area contributed by atoms with E-state index in [-0.39, 0.29) is 0 Å². The number of hydrogen-bond donors (Lipinski definition) is 0. The van der Waals surface area contributed by atoms with Crippen LogP contribution in [-0.2, 0) is 12.8 Å². The molecule has 1 unspecified atom stereocenters. The van der Waals surface area contributed by atoms with Gasteiger partial charge in [0.05, 0.1) is 4.88 Å². The maximum atomic E-state index is 10.9. The molecule has 0 N–H and O–H groups in total. The molecule has 0 amide bonds. The number of carbonyl (C=O) groups is 1. The van der Waals surface area contributed by atoms with E-state index in [2.05, 4.69) is 26.8 Å². The number of aromatic nitrogens is 1. The minimum Gasteiger partial charge on any atom is -0.297 e. The Labute approximate surface area is 124 Å². The van der Waals surface area contributed by atoms with Gasteiger partial charge in [-0.1, -0.05) is 20.8 Å². The number of thiophene rings is 1. The number of nitrogens with zero attached hydrogens (tertiary/aromatic N) is 1. The Balaban J connectivity index is 2.04. The molecule has 0 fully saturated rings. The van der Waals surface area contributed by atoms with Gasteiger partial charge in [-0.15, -0.1) is 11.3 Å². The average Bonchev–Trinajstić information content (AvgIpc) is 2.65. The van der Waals surface area contributed by atoms with E-state index in [1.807, 2.05) is 6.07 Å². The summed E-state index contributed by atoms with van der Waals surface area (Å²) in [6.07, 6.45) is 5.63. The number of pyridine rings is 1. The highest BCUT2D eigenvalue weighted by Crippen LogP contribution is 2.37. The molecule has 2 aromatic rings. The summed E-state index contributed by atoms with van der Waals surface area (Å²) in [7, 11) is 0. The summed E-state index contributed by atoms with van der Waals surface area (Å²) in [4.78, 5) is 17.5. The van der Waals surface area contributed by atoms with E-state index in [1.165, 1.54) is 35.4 Å². The molecule has 3 rings (SSSR count). The summed E-state index contributed by atoms with van der Waals surface area (Å²) >= 11 is 1.50. The summed E-state index contributed by atoms with van der Waals surface area (Å²) in [5.74, 6) is 0.715. The molecule has 0 bridgehead atoms. The van der Waals surface area contributed by atoms with Crippen LogP contribution in [0, 0.1) is 11.3 Å². The zero-order chi connectivity index (χ0) is 14.3. The van der Waals surface area contributed by atoms with Gasteiger partial charge in [-0.2, -0.15) is 0 Å². The Morgan fingerprint density at radius 3 is 2.85 bits per heavy atom. The smallest absolute Gasteiger partial charge is 0.160 e. The molecular weight excluding hydrogens is 266 g/mol. The van der Waals surface area contributed by atoms with Crippen molar-refractivity contribution in [3.8, 4) is 0 Å². The first-order chi connectivity index (χ1) is 9.47. The summed E-state index contributed by atoms with van der Waals surface area (Å²) < 4.78 is 0. The Hall–Kier alpha value is -1.22. The van der Waals surface area contributed by atoms with Crippen molar-refractivity contribution in [2.24, 2.45) is 11.3 Å². The summed E-state index contributed by atoms with van der Waals surface area (Å²) in [5, 5.41) is 1.13. The highest BCUT2D eigenvalue weighted by Gasteiger charge is 2.28. The lowest BCUT2D eigenvalue weighted by Gasteiger charge is -2.29. The number of aryl methyl sites for hydroxylation is 1. The predicted molar refractivity (Wildman–Crippen MR) is 84.6 cm³/mol. The van der Waals surface area contributed by atoms with Crippen LogP contribution >= 0.6 is 11.3 Å². The highest BCUT2D eigenvalue weighted by molar-refractivity contribution is 7.20. The van der Waals surface area contributed by atoms with Crippen molar-refractivity contribution in [3.63, 3.8) is 0 Å². The lowest BCUT2D eigenvalue weighted by molar-refractivity contribution is 0.112. The minimum absolute atomic E-state index is 0.346. The van der Waals surface area contributed by atoms with Gasteiger partial charge in [-0.3, -0.25) is 4.79 Å². The van der Waals surface area contributed by atoms with Gasteiger partial charge in [-0.05, 0) is 54.7 Å². The second-order valence-corrected chi connectivity index (χ2v) is 7.98. The van der Waals surface area contributed by atoms with E-state index in [1.54, 1.807) is 0 Å². The van der Waals surface area contributed by atoms with Crippen molar-refractivity contribution in [2.45, 2.75) is 46.5 Å². The molecule has 20 heavy (non-hydrogen) atoms. The molecular formula is C17H21NOS. The Morgan fingerprint density at radius 1 is 1.35 bits per heavy atom. The van der Waals surface area contributed by atoms with Crippen LogP contribution in [0.1, 0.15) is 54.5 Å². The first-order valence-corrected chi connectivity index (χ1v) is 8.16. The third-order valence-corrected chi connectivity index (χ3v) is 5.44. The van der Waals surface area contributed by atoms with Gasteiger partial charge < -0.3 is 0 Å². The number of aldehydes is 1. The molecule has 0 spiro atoms. The summed E-state index contributed by atoms with van der Waals surface area (Å²) in [5.41, 5.74) is 2.99. The van der Waals surface area contributed by atoms with E-state index in [9.17, 15) is 4.79 Å². The number of carbonyl (C=O) groups excluding carboxylic acids is 1. The molecule has 1 aliphatic carbocycles. The van der Waals surface area contributed by atoms with Gasteiger partial charge >= 0.3 is 0 Å². The van der Waals surface area contributed by atoms with Crippen molar-refractivity contribution in [3.05, 3.63) is 28.3 Å². The molecule has 0 aromatic carbocycles. The van der Waals surface area contributed by atoms with E-state index in [0.29, 0.717) is 11.3 Å². The molecule has 0 saturated carbocycles. The average molecular weight is 287 g/mol. The maximum Gasteiger partial charge on any atom is 0.160 e. The largest absolute Gasteiger partial charge is 0.297 e. The second-order valence-electron chi connectivity index (χ2n) is 6.91. The zero-order valence-electron chi connectivity index (χ0n) is 12.4. The van der Waals surface area contributed by atoms with Crippen molar-refractivity contribution in [1.29, 1.82) is 0 Å². The van der Waals surface area contributed by atoms with Crippen molar-refractivity contribution in [1.82, 2.24) is 4.98 Å².